The third-order valence-electron chi connectivity index (χ3n) is 3.59. The van der Waals surface area contributed by atoms with E-state index in [1.54, 1.807) is 6.20 Å². The van der Waals surface area contributed by atoms with E-state index >= 15 is 0 Å². The Morgan fingerprint density at radius 3 is 2.67 bits per heavy atom. The number of rotatable bonds is 8. The van der Waals surface area contributed by atoms with E-state index in [-0.39, 0.29) is 0 Å². The van der Waals surface area contributed by atoms with E-state index < -0.39 is 0 Å². The fourth-order valence-electron chi connectivity index (χ4n) is 2.53. The van der Waals surface area contributed by atoms with E-state index in [0.29, 0.717) is 5.92 Å². The molecule has 3 heteroatoms. The number of aromatic nitrogens is 1. The lowest BCUT2D eigenvalue weighted by Crippen LogP contribution is -2.26. The van der Waals surface area contributed by atoms with Crippen molar-refractivity contribution in [3.05, 3.63) is 64.9 Å². The molecule has 0 radical (unpaired) electrons. The van der Waals surface area contributed by atoms with Gasteiger partial charge in [0, 0.05) is 12.4 Å². The van der Waals surface area contributed by atoms with Crippen LogP contribution in [0.25, 0.3) is 0 Å². The Morgan fingerprint density at radius 1 is 1.14 bits per heavy atom. The molecule has 0 spiro atoms. The maximum Gasteiger partial charge on any atom is 0.0621 e. The van der Waals surface area contributed by atoms with Gasteiger partial charge in [-0.05, 0) is 55.5 Å². The predicted molar refractivity (Wildman–Crippen MR) is 89.7 cm³/mol. The summed E-state index contributed by atoms with van der Waals surface area (Å²) in [4.78, 5) is 4.06. The van der Waals surface area contributed by atoms with Gasteiger partial charge in [0.1, 0.15) is 0 Å². The summed E-state index contributed by atoms with van der Waals surface area (Å²) in [5, 5.41) is 4.31. The van der Waals surface area contributed by atoms with Crippen molar-refractivity contribution >= 4 is 11.6 Å². The minimum absolute atomic E-state index is 0.541. The van der Waals surface area contributed by atoms with Gasteiger partial charge >= 0.3 is 0 Å². The molecule has 0 bridgehead atoms. The molecular formula is C18H23ClN2. The average Bonchev–Trinajstić information content (AvgIpc) is 2.51. The first-order valence-corrected chi connectivity index (χ1v) is 8.00. The zero-order chi connectivity index (χ0) is 14.9. The molecule has 0 saturated carbocycles. The van der Waals surface area contributed by atoms with Gasteiger partial charge in [-0.2, -0.15) is 0 Å². The highest BCUT2D eigenvalue weighted by Crippen LogP contribution is 2.20. The maximum atomic E-state index is 6.25. The molecule has 2 aromatic rings. The van der Waals surface area contributed by atoms with Crippen LogP contribution in [-0.4, -0.2) is 18.1 Å². The number of nitrogens with zero attached hydrogens (tertiary/aromatic N) is 1. The second-order valence-electron chi connectivity index (χ2n) is 5.43. The molecular weight excluding hydrogens is 280 g/mol. The Labute approximate surface area is 132 Å². The van der Waals surface area contributed by atoms with E-state index in [2.05, 4.69) is 47.6 Å². The smallest absolute Gasteiger partial charge is 0.0621 e. The topological polar surface area (TPSA) is 24.9 Å². The minimum atomic E-state index is 0.541. The Kier molecular flexibility index (Phi) is 6.71. The monoisotopic (exact) mass is 302 g/mol. The molecule has 1 aromatic carbocycles. The molecule has 1 aromatic heterocycles. The quantitative estimate of drug-likeness (QED) is 0.741. The first-order valence-electron chi connectivity index (χ1n) is 7.62. The zero-order valence-corrected chi connectivity index (χ0v) is 13.3. The van der Waals surface area contributed by atoms with Crippen LogP contribution in [0.5, 0.6) is 0 Å². The fraction of sp³-hybridized carbons (Fsp3) is 0.389. The summed E-state index contributed by atoms with van der Waals surface area (Å²) >= 11 is 6.25. The van der Waals surface area contributed by atoms with Crippen LogP contribution >= 0.6 is 11.6 Å². The lowest BCUT2D eigenvalue weighted by Gasteiger charge is -2.18. The molecule has 0 fully saturated rings. The van der Waals surface area contributed by atoms with Crippen molar-refractivity contribution in [3.63, 3.8) is 0 Å². The molecule has 2 rings (SSSR count). The van der Waals surface area contributed by atoms with Crippen LogP contribution in [0, 0.1) is 5.92 Å². The van der Waals surface area contributed by atoms with Gasteiger partial charge in [0.2, 0.25) is 0 Å². The van der Waals surface area contributed by atoms with E-state index in [4.69, 9.17) is 11.6 Å². The van der Waals surface area contributed by atoms with Crippen LogP contribution in [0.3, 0.4) is 0 Å². The largest absolute Gasteiger partial charge is 0.316 e. The molecule has 0 aliphatic heterocycles. The molecule has 1 unspecified atom stereocenters. The van der Waals surface area contributed by atoms with Crippen LogP contribution in [0.1, 0.15) is 24.5 Å². The SMILES string of the molecule is CCCNCC(Cc1ccccc1)Cc1ccncc1Cl. The van der Waals surface area contributed by atoms with Crippen molar-refractivity contribution in [2.45, 2.75) is 26.2 Å². The lowest BCUT2D eigenvalue weighted by atomic mass is 9.93. The first kappa shape index (κ1) is 16.0. The molecule has 1 heterocycles. The molecule has 1 N–H and O–H groups in total. The van der Waals surface area contributed by atoms with Gasteiger partial charge in [-0.25, -0.2) is 0 Å². The summed E-state index contributed by atoms with van der Waals surface area (Å²) in [5.74, 6) is 0.541. The lowest BCUT2D eigenvalue weighted by molar-refractivity contribution is 0.470. The molecule has 0 saturated heterocycles. The van der Waals surface area contributed by atoms with Crippen LogP contribution in [0.15, 0.2) is 48.8 Å². The Hall–Kier alpha value is -1.38. The van der Waals surface area contributed by atoms with Crippen LogP contribution in [0.4, 0.5) is 0 Å². The number of nitrogens with one attached hydrogen (secondary N) is 1. The number of hydrogen-bond acceptors (Lipinski definition) is 2. The average molecular weight is 303 g/mol. The van der Waals surface area contributed by atoms with E-state index in [9.17, 15) is 0 Å². The summed E-state index contributed by atoms with van der Waals surface area (Å²) in [5.41, 5.74) is 2.57. The fourth-order valence-corrected chi connectivity index (χ4v) is 2.72. The second-order valence-corrected chi connectivity index (χ2v) is 5.84. The molecule has 21 heavy (non-hydrogen) atoms. The number of hydrogen-bond donors (Lipinski definition) is 1. The van der Waals surface area contributed by atoms with Crippen molar-refractivity contribution in [2.75, 3.05) is 13.1 Å². The van der Waals surface area contributed by atoms with Crippen LogP contribution < -0.4 is 5.32 Å². The number of halogens is 1. The van der Waals surface area contributed by atoms with Crippen molar-refractivity contribution in [1.82, 2.24) is 10.3 Å². The van der Waals surface area contributed by atoms with E-state index in [0.717, 1.165) is 37.4 Å². The zero-order valence-electron chi connectivity index (χ0n) is 12.6. The Bertz CT molecular complexity index is 528. The summed E-state index contributed by atoms with van der Waals surface area (Å²) in [6, 6.07) is 12.7. The highest BCUT2D eigenvalue weighted by atomic mass is 35.5. The summed E-state index contributed by atoms with van der Waals surface area (Å²) in [6.07, 6.45) is 6.76. The Morgan fingerprint density at radius 2 is 1.95 bits per heavy atom. The van der Waals surface area contributed by atoms with Crippen LogP contribution in [0.2, 0.25) is 5.02 Å². The molecule has 1 atom stereocenters. The second kappa shape index (κ2) is 8.81. The van der Waals surface area contributed by atoms with Gasteiger partial charge in [-0.15, -0.1) is 0 Å². The van der Waals surface area contributed by atoms with Gasteiger partial charge in [0.25, 0.3) is 0 Å². The molecule has 112 valence electrons. The van der Waals surface area contributed by atoms with Crippen molar-refractivity contribution in [3.8, 4) is 0 Å². The van der Waals surface area contributed by atoms with Gasteiger partial charge in [-0.3, -0.25) is 4.98 Å². The van der Waals surface area contributed by atoms with Crippen LogP contribution in [-0.2, 0) is 12.8 Å². The summed E-state index contributed by atoms with van der Waals surface area (Å²) in [6.45, 7) is 4.27. The van der Waals surface area contributed by atoms with Crippen molar-refractivity contribution in [2.24, 2.45) is 5.92 Å². The molecule has 0 aliphatic carbocycles. The predicted octanol–water partition coefficient (Wildman–Crippen LogP) is 4.14. The van der Waals surface area contributed by atoms with E-state index in [1.807, 2.05) is 12.3 Å². The van der Waals surface area contributed by atoms with E-state index in [1.165, 1.54) is 11.1 Å². The maximum absolute atomic E-state index is 6.25. The van der Waals surface area contributed by atoms with Crippen molar-refractivity contribution < 1.29 is 0 Å². The summed E-state index contributed by atoms with van der Waals surface area (Å²) < 4.78 is 0. The van der Waals surface area contributed by atoms with Gasteiger partial charge in [0.05, 0.1) is 5.02 Å². The third kappa shape index (κ3) is 5.49. The molecule has 0 amide bonds. The minimum Gasteiger partial charge on any atom is -0.316 e. The number of pyridine rings is 1. The van der Waals surface area contributed by atoms with Crippen molar-refractivity contribution in [1.29, 1.82) is 0 Å². The first-order chi connectivity index (χ1) is 10.3. The number of benzene rings is 1. The molecule has 0 aliphatic rings. The van der Waals surface area contributed by atoms with Gasteiger partial charge in [-0.1, -0.05) is 48.9 Å². The Balaban J connectivity index is 2.03. The molecule has 2 nitrogen and oxygen atoms in total. The third-order valence-corrected chi connectivity index (χ3v) is 3.93. The van der Waals surface area contributed by atoms with Gasteiger partial charge in [0.15, 0.2) is 0 Å². The summed E-state index contributed by atoms with van der Waals surface area (Å²) in [7, 11) is 0. The van der Waals surface area contributed by atoms with Gasteiger partial charge < -0.3 is 5.32 Å². The normalized spacial score (nSPS) is 12.3. The standard InChI is InChI=1S/C18H23ClN2/c1-2-9-20-13-16(11-15-6-4-3-5-7-15)12-17-8-10-21-14-18(17)19/h3-8,10,14,16,20H,2,9,11-13H2,1H3. The highest BCUT2D eigenvalue weighted by Gasteiger charge is 2.12. The highest BCUT2D eigenvalue weighted by molar-refractivity contribution is 6.31.